The van der Waals surface area contributed by atoms with Crippen LogP contribution in [0.4, 0.5) is 0 Å². The Balaban J connectivity index is 1.87. The minimum absolute atomic E-state index is 0.195. The summed E-state index contributed by atoms with van der Waals surface area (Å²) in [5.41, 5.74) is 3.95. The van der Waals surface area contributed by atoms with Crippen LogP contribution in [0.25, 0.3) is 0 Å². The van der Waals surface area contributed by atoms with Gasteiger partial charge in [0.2, 0.25) is 5.91 Å². The van der Waals surface area contributed by atoms with Gasteiger partial charge in [-0.2, -0.15) is 0 Å². The Morgan fingerprint density at radius 2 is 1.62 bits per heavy atom. The van der Waals surface area contributed by atoms with E-state index in [-0.39, 0.29) is 5.92 Å². The summed E-state index contributed by atoms with van der Waals surface area (Å²) in [6.07, 6.45) is 2.82. The van der Waals surface area contributed by atoms with E-state index >= 15 is 0 Å². The summed E-state index contributed by atoms with van der Waals surface area (Å²) in [4.78, 5) is 14.8. The van der Waals surface area contributed by atoms with Gasteiger partial charge < -0.3 is 4.90 Å². The van der Waals surface area contributed by atoms with Gasteiger partial charge in [-0.1, -0.05) is 54.6 Å². The number of amides is 1. The van der Waals surface area contributed by atoms with Crippen LogP contribution in [0.5, 0.6) is 0 Å². The van der Waals surface area contributed by atoms with Crippen LogP contribution in [-0.2, 0) is 4.79 Å². The third-order valence-electron chi connectivity index (χ3n) is 4.88. The molecule has 1 saturated heterocycles. The number of fused-ring (bicyclic) bond motifs is 3. The number of carbonyl (C=O) groups excluding carboxylic acids is 1. The van der Waals surface area contributed by atoms with Gasteiger partial charge in [-0.05, 0) is 29.5 Å². The Labute approximate surface area is 125 Å². The second-order valence-corrected chi connectivity index (χ2v) is 6.04. The SMILES string of the molecule is O=C1C[C@H](c2ccccc2)c2ccccc2[C@H]2CCCN12. The van der Waals surface area contributed by atoms with Crippen molar-refractivity contribution in [3.05, 3.63) is 71.3 Å². The van der Waals surface area contributed by atoms with Gasteiger partial charge in [0, 0.05) is 18.9 Å². The summed E-state index contributed by atoms with van der Waals surface area (Å²) in [6.45, 7) is 0.916. The smallest absolute Gasteiger partial charge is 0.224 e. The lowest BCUT2D eigenvalue weighted by atomic mass is 9.85. The largest absolute Gasteiger partial charge is 0.336 e. The summed E-state index contributed by atoms with van der Waals surface area (Å²) in [6, 6.07) is 19.4. The highest BCUT2D eigenvalue weighted by atomic mass is 16.2. The zero-order chi connectivity index (χ0) is 14.2. The number of nitrogens with zero attached hydrogens (tertiary/aromatic N) is 1. The lowest BCUT2D eigenvalue weighted by Crippen LogP contribution is -2.29. The molecule has 0 spiro atoms. The van der Waals surface area contributed by atoms with Crippen molar-refractivity contribution in [3.8, 4) is 0 Å². The average molecular weight is 277 g/mol. The van der Waals surface area contributed by atoms with Crippen LogP contribution in [0, 0.1) is 0 Å². The van der Waals surface area contributed by atoms with Crippen molar-refractivity contribution in [1.82, 2.24) is 4.90 Å². The first kappa shape index (κ1) is 12.6. The summed E-state index contributed by atoms with van der Waals surface area (Å²) >= 11 is 0. The molecule has 0 aromatic heterocycles. The average Bonchev–Trinajstić information content (AvgIpc) is 2.99. The van der Waals surface area contributed by atoms with E-state index in [4.69, 9.17) is 0 Å². The van der Waals surface area contributed by atoms with Crippen molar-refractivity contribution in [2.75, 3.05) is 6.54 Å². The Bertz CT molecular complexity index is 664. The zero-order valence-corrected chi connectivity index (χ0v) is 12.0. The Kier molecular flexibility index (Phi) is 3.03. The molecule has 4 rings (SSSR count). The van der Waals surface area contributed by atoms with Crippen molar-refractivity contribution >= 4 is 5.91 Å². The predicted octanol–water partition coefficient (Wildman–Crippen LogP) is 3.89. The van der Waals surface area contributed by atoms with Crippen LogP contribution in [0.1, 0.15) is 47.9 Å². The van der Waals surface area contributed by atoms with E-state index < -0.39 is 0 Å². The van der Waals surface area contributed by atoms with Crippen LogP contribution < -0.4 is 0 Å². The molecule has 2 nitrogen and oxygen atoms in total. The third-order valence-corrected chi connectivity index (χ3v) is 4.88. The molecule has 2 aliphatic heterocycles. The molecule has 1 amide bonds. The van der Waals surface area contributed by atoms with E-state index in [2.05, 4.69) is 53.4 Å². The lowest BCUT2D eigenvalue weighted by Gasteiger charge is -2.23. The van der Waals surface area contributed by atoms with Crippen LogP contribution in [0.2, 0.25) is 0 Å². The van der Waals surface area contributed by atoms with Crippen molar-refractivity contribution in [2.45, 2.75) is 31.2 Å². The first-order valence-corrected chi connectivity index (χ1v) is 7.78. The second kappa shape index (κ2) is 5.03. The Hall–Kier alpha value is -2.09. The third kappa shape index (κ3) is 2.06. The molecule has 0 bridgehead atoms. The van der Waals surface area contributed by atoms with Gasteiger partial charge in [0.15, 0.2) is 0 Å². The van der Waals surface area contributed by atoms with E-state index in [1.807, 2.05) is 6.07 Å². The highest BCUT2D eigenvalue weighted by Gasteiger charge is 2.37. The molecule has 1 fully saturated rings. The summed E-state index contributed by atoms with van der Waals surface area (Å²) in [7, 11) is 0. The fraction of sp³-hybridized carbons (Fsp3) is 0.316. The molecule has 2 aromatic rings. The summed E-state index contributed by atoms with van der Waals surface area (Å²) in [5, 5.41) is 0. The monoisotopic (exact) mass is 277 g/mol. The molecule has 2 heteroatoms. The summed E-state index contributed by atoms with van der Waals surface area (Å²) in [5.74, 6) is 0.503. The maximum Gasteiger partial charge on any atom is 0.224 e. The lowest BCUT2D eigenvalue weighted by molar-refractivity contribution is -0.131. The van der Waals surface area contributed by atoms with Gasteiger partial charge in [-0.3, -0.25) is 4.79 Å². The Morgan fingerprint density at radius 3 is 2.43 bits per heavy atom. The minimum atomic E-state index is 0.195. The number of carbonyl (C=O) groups is 1. The molecule has 0 saturated carbocycles. The predicted molar refractivity (Wildman–Crippen MR) is 83.0 cm³/mol. The van der Waals surface area contributed by atoms with Gasteiger partial charge in [0.25, 0.3) is 0 Å². The van der Waals surface area contributed by atoms with Crippen LogP contribution >= 0.6 is 0 Å². The highest BCUT2D eigenvalue weighted by molar-refractivity contribution is 5.80. The van der Waals surface area contributed by atoms with E-state index in [0.29, 0.717) is 18.4 Å². The molecule has 2 heterocycles. The fourth-order valence-electron chi connectivity index (χ4n) is 3.90. The van der Waals surface area contributed by atoms with Crippen LogP contribution in [0.15, 0.2) is 54.6 Å². The number of benzene rings is 2. The number of hydrogen-bond acceptors (Lipinski definition) is 1. The van der Waals surface area contributed by atoms with E-state index in [0.717, 1.165) is 19.4 Å². The van der Waals surface area contributed by atoms with Crippen LogP contribution in [-0.4, -0.2) is 17.4 Å². The van der Waals surface area contributed by atoms with Crippen molar-refractivity contribution in [2.24, 2.45) is 0 Å². The van der Waals surface area contributed by atoms with Crippen LogP contribution in [0.3, 0.4) is 0 Å². The first-order valence-electron chi connectivity index (χ1n) is 7.78. The summed E-state index contributed by atoms with van der Waals surface area (Å²) < 4.78 is 0. The highest BCUT2D eigenvalue weighted by Crippen LogP contribution is 2.43. The molecule has 0 unspecified atom stereocenters. The molecule has 106 valence electrons. The van der Waals surface area contributed by atoms with Crippen molar-refractivity contribution in [3.63, 3.8) is 0 Å². The van der Waals surface area contributed by atoms with Gasteiger partial charge in [0.05, 0.1) is 6.04 Å². The molecule has 2 aromatic carbocycles. The normalized spacial score (nSPS) is 24.4. The second-order valence-electron chi connectivity index (χ2n) is 6.04. The molecular formula is C19H19NO. The van der Waals surface area contributed by atoms with E-state index in [9.17, 15) is 4.79 Å². The number of hydrogen-bond donors (Lipinski definition) is 0. The molecule has 2 aliphatic rings. The van der Waals surface area contributed by atoms with Crippen molar-refractivity contribution < 1.29 is 4.79 Å². The molecule has 0 radical (unpaired) electrons. The maximum absolute atomic E-state index is 12.7. The topological polar surface area (TPSA) is 20.3 Å². The first-order chi connectivity index (χ1) is 10.3. The van der Waals surface area contributed by atoms with Gasteiger partial charge in [0.1, 0.15) is 0 Å². The minimum Gasteiger partial charge on any atom is -0.336 e. The maximum atomic E-state index is 12.7. The van der Waals surface area contributed by atoms with E-state index in [1.165, 1.54) is 16.7 Å². The number of rotatable bonds is 1. The van der Waals surface area contributed by atoms with Crippen molar-refractivity contribution in [1.29, 1.82) is 0 Å². The molecule has 0 N–H and O–H groups in total. The quantitative estimate of drug-likeness (QED) is 0.774. The van der Waals surface area contributed by atoms with Gasteiger partial charge >= 0.3 is 0 Å². The fourth-order valence-corrected chi connectivity index (χ4v) is 3.90. The molecule has 21 heavy (non-hydrogen) atoms. The van der Waals surface area contributed by atoms with E-state index in [1.54, 1.807) is 0 Å². The standard InChI is InChI=1S/C19H19NO/c21-19-13-17(14-7-2-1-3-8-14)15-9-4-5-10-16(15)18-11-6-12-20(18)19/h1-5,7-10,17-18H,6,11-13H2/t17-,18-/m1/s1. The van der Waals surface area contributed by atoms with Gasteiger partial charge in [-0.15, -0.1) is 0 Å². The molecule has 0 aliphatic carbocycles. The zero-order valence-electron chi connectivity index (χ0n) is 12.0. The molecule has 2 atom stereocenters. The molecular weight excluding hydrogens is 258 g/mol. The van der Waals surface area contributed by atoms with Gasteiger partial charge in [-0.25, -0.2) is 0 Å². The Morgan fingerprint density at radius 1 is 0.905 bits per heavy atom.